The van der Waals surface area contributed by atoms with Gasteiger partial charge >= 0.3 is 0 Å². The van der Waals surface area contributed by atoms with E-state index in [0.29, 0.717) is 25.6 Å². The molecule has 1 fully saturated rings. The zero-order valence-corrected chi connectivity index (χ0v) is 15.5. The highest BCUT2D eigenvalue weighted by Crippen LogP contribution is 2.26. The van der Waals surface area contributed by atoms with Gasteiger partial charge in [-0.3, -0.25) is 4.79 Å². The summed E-state index contributed by atoms with van der Waals surface area (Å²) >= 11 is 0. The summed E-state index contributed by atoms with van der Waals surface area (Å²) in [7, 11) is 1.59. The monoisotopic (exact) mass is 372 g/mol. The summed E-state index contributed by atoms with van der Waals surface area (Å²) in [6.07, 6.45) is 7.35. The van der Waals surface area contributed by atoms with Gasteiger partial charge < -0.3 is 23.8 Å². The molecule has 2 aliphatic heterocycles. The van der Waals surface area contributed by atoms with Crippen LogP contribution in [0.3, 0.4) is 0 Å². The standard InChI is InChI=1S/C18H24N6O3/c1-26-17-6-16(20-12-21-17)23-8-14-7-19-13-24(14)15(9-23)10-27-11-18(25)22-4-2-3-5-22/h6-7,12-13,15H,2-5,8-11H2,1H3. The van der Waals surface area contributed by atoms with Crippen molar-refractivity contribution in [3.05, 3.63) is 30.6 Å². The minimum Gasteiger partial charge on any atom is -0.481 e. The summed E-state index contributed by atoms with van der Waals surface area (Å²) in [5, 5.41) is 0. The number of carbonyl (C=O) groups excluding carboxylic acids is 1. The Balaban J connectivity index is 1.41. The summed E-state index contributed by atoms with van der Waals surface area (Å²) in [4.78, 5) is 28.9. The van der Waals surface area contributed by atoms with Crippen LogP contribution in [0.15, 0.2) is 24.9 Å². The van der Waals surface area contributed by atoms with Crippen molar-refractivity contribution in [3.63, 3.8) is 0 Å². The first-order chi connectivity index (χ1) is 13.2. The molecule has 9 nitrogen and oxygen atoms in total. The number of methoxy groups -OCH3 is 1. The van der Waals surface area contributed by atoms with Crippen LogP contribution >= 0.6 is 0 Å². The Bertz CT molecular complexity index is 789. The SMILES string of the molecule is COc1cc(N2Cc3cncn3C(COCC(=O)N3CCCC3)C2)ncn1. The Morgan fingerprint density at radius 3 is 2.96 bits per heavy atom. The first kappa shape index (κ1) is 17.7. The Labute approximate surface area is 157 Å². The van der Waals surface area contributed by atoms with Gasteiger partial charge in [0.05, 0.1) is 38.3 Å². The molecule has 4 rings (SSSR count). The van der Waals surface area contributed by atoms with Gasteiger partial charge in [-0.15, -0.1) is 0 Å². The van der Waals surface area contributed by atoms with Crippen molar-refractivity contribution in [2.24, 2.45) is 0 Å². The zero-order chi connectivity index (χ0) is 18.6. The molecule has 0 spiro atoms. The molecule has 2 aromatic heterocycles. The molecular formula is C18H24N6O3. The summed E-state index contributed by atoms with van der Waals surface area (Å²) in [5.41, 5.74) is 1.08. The molecular weight excluding hydrogens is 348 g/mol. The van der Waals surface area contributed by atoms with E-state index in [1.54, 1.807) is 7.11 Å². The second kappa shape index (κ2) is 7.91. The van der Waals surface area contributed by atoms with E-state index in [9.17, 15) is 4.79 Å². The van der Waals surface area contributed by atoms with Crippen LogP contribution in [-0.2, 0) is 16.1 Å². The lowest BCUT2D eigenvalue weighted by Crippen LogP contribution is -2.40. The van der Waals surface area contributed by atoms with Gasteiger partial charge in [-0.1, -0.05) is 0 Å². The Hall–Kier alpha value is -2.68. The fourth-order valence-electron chi connectivity index (χ4n) is 3.65. The Kier molecular flexibility index (Phi) is 5.19. The largest absolute Gasteiger partial charge is 0.481 e. The molecule has 0 N–H and O–H groups in total. The van der Waals surface area contributed by atoms with E-state index < -0.39 is 0 Å². The van der Waals surface area contributed by atoms with Gasteiger partial charge in [-0.25, -0.2) is 15.0 Å². The van der Waals surface area contributed by atoms with Crippen LogP contribution in [0.4, 0.5) is 5.82 Å². The van der Waals surface area contributed by atoms with Crippen LogP contribution in [0.2, 0.25) is 0 Å². The van der Waals surface area contributed by atoms with Crippen molar-refractivity contribution in [1.29, 1.82) is 0 Å². The first-order valence-electron chi connectivity index (χ1n) is 9.22. The molecule has 4 heterocycles. The maximum Gasteiger partial charge on any atom is 0.248 e. The van der Waals surface area contributed by atoms with E-state index in [2.05, 4.69) is 24.4 Å². The smallest absolute Gasteiger partial charge is 0.248 e. The number of anilines is 1. The summed E-state index contributed by atoms with van der Waals surface area (Å²) in [5.74, 6) is 1.40. The minimum atomic E-state index is 0.0589. The molecule has 0 aliphatic carbocycles. The molecule has 1 saturated heterocycles. The summed E-state index contributed by atoms with van der Waals surface area (Å²) in [6, 6.07) is 1.88. The van der Waals surface area contributed by atoms with Gasteiger partial charge in [0.1, 0.15) is 18.8 Å². The maximum atomic E-state index is 12.2. The average molecular weight is 372 g/mol. The number of carbonyl (C=O) groups is 1. The third-order valence-corrected chi connectivity index (χ3v) is 5.08. The lowest BCUT2D eigenvalue weighted by molar-refractivity contribution is -0.135. The average Bonchev–Trinajstić information content (AvgIpc) is 3.39. The topological polar surface area (TPSA) is 85.6 Å². The molecule has 9 heteroatoms. The summed E-state index contributed by atoms with van der Waals surface area (Å²) < 4.78 is 13.1. The van der Waals surface area contributed by atoms with Crippen LogP contribution in [0, 0.1) is 0 Å². The van der Waals surface area contributed by atoms with Gasteiger partial charge in [0, 0.05) is 31.9 Å². The molecule has 0 aromatic carbocycles. The second-order valence-corrected chi connectivity index (χ2v) is 6.85. The molecule has 144 valence electrons. The number of fused-ring (bicyclic) bond motifs is 1. The van der Waals surface area contributed by atoms with E-state index >= 15 is 0 Å². The van der Waals surface area contributed by atoms with Crippen LogP contribution < -0.4 is 9.64 Å². The molecule has 27 heavy (non-hydrogen) atoms. The lowest BCUT2D eigenvalue weighted by atomic mass is 10.2. The second-order valence-electron chi connectivity index (χ2n) is 6.85. The van der Waals surface area contributed by atoms with Crippen molar-refractivity contribution in [2.45, 2.75) is 25.4 Å². The van der Waals surface area contributed by atoms with Crippen molar-refractivity contribution in [3.8, 4) is 5.88 Å². The number of aromatic nitrogens is 4. The molecule has 2 aliphatic rings. The normalized spacial score (nSPS) is 19.2. The van der Waals surface area contributed by atoms with E-state index in [0.717, 1.165) is 37.4 Å². The van der Waals surface area contributed by atoms with Crippen molar-refractivity contribution in [2.75, 3.05) is 44.9 Å². The maximum absolute atomic E-state index is 12.2. The predicted octanol–water partition coefficient (Wildman–Crippen LogP) is 0.882. The van der Waals surface area contributed by atoms with Crippen LogP contribution in [0.25, 0.3) is 0 Å². The van der Waals surface area contributed by atoms with Crippen LogP contribution in [0.1, 0.15) is 24.6 Å². The summed E-state index contributed by atoms with van der Waals surface area (Å²) in [6.45, 7) is 3.68. The van der Waals surface area contributed by atoms with Gasteiger partial charge in [0.15, 0.2) is 0 Å². The van der Waals surface area contributed by atoms with Crippen LogP contribution in [-0.4, -0.2) is 70.3 Å². The number of hydrogen-bond donors (Lipinski definition) is 0. The zero-order valence-electron chi connectivity index (χ0n) is 15.5. The molecule has 1 amide bonds. The fraction of sp³-hybridized carbons (Fsp3) is 0.556. The van der Waals surface area contributed by atoms with E-state index in [1.807, 2.05) is 23.5 Å². The van der Waals surface area contributed by atoms with Crippen LogP contribution in [0.5, 0.6) is 5.88 Å². The number of ether oxygens (including phenoxy) is 2. The highest BCUT2D eigenvalue weighted by Gasteiger charge is 2.27. The Morgan fingerprint density at radius 2 is 2.15 bits per heavy atom. The minimum absolute atomic E-state index is 0.0589. The fourth-order valence-corrected chi connectivity index (χ4v) is 3.65. The van der Waals surface area contributed by atoms with Gasteiger partial charge in [0.2, 0.25) is 11.8 Å². The van der Waals surface area contributed by atoms with Gasteiger partial charge in [0.25, 0.3) is 0 Å². The highest BCUT2D eigenvalue weighted by atomic mass is 16.5. The van der Waals surface area contributed by atoms with Crippen molar-refractivity contribution >= 4 is 11.7 Å². The van der Waals surface area contributed by atoms with Gasteiger partial charge in [-0.05, 0) is 12.8 Å². The number of hydrogen-bond acceptors (Lipinski definition) is 7. The predicted molar refractivity (Wildman–Crippen MR) is 97.5 cm³/mol. The van der Waals surface area contributed by atoms with Crippen molar-refractivity contribution in [1.82, 2.24) is 24.4 Å². The molecule has 0 bridgehead atoms. The number of rotatable bonds is 6. The van der Waals surface area contributed by atoms with E-state index in [4.69, 9.17) is 9.47 Å². The number of nitrogens with zero attached hydrogens (tertiary/aromatic N) is 6. The quantitative estimate of drug-likeness (QED) is 0.744. The molecule has 0 saturated carbocycles. The van der Waals surface area contributed by atoms with Crippen molar-refractivity contribution < 1.29 is 14.3 Å². The third kappa shape index (κ3) is 3.87. The van der Waals surface area contributed by atoms with Gasteiger partial charge in [-0.2, -0.15) is 0 Å². The molecule has 1 atom stereocenters. The molecule has 0 radical (unpaired) electrons. The molecule has 1 unspecified atom stereocenters. The lowest BCUT2D eigenvalue weighted by Gasteiger charge is -2.35. The number of likely N-dealkylation sites (tertiary alicyclic amines) is 1. The Morgan fingerprint density at radius 1 is 1.30 bits per heavy atom. The first-order valence-corrected chi connectivity index (χ1v) is 9.22. The molecule has 2 aromatic rings. The van der Waals surface area contributed by atoms with E-state index in [-0.39, 0.29) is 18.6 Å². The highest BCUT2D eigenvalue weighted by molar-refractivity contribution is 5.77. The number of amides is 1. The number of imidazole rings is 1. The van der Waals surface area contributed by atoms with E-state index in [1.165, 1.54) is 6.33 Å². The third-order valence-electron chi connectivity index (χ3n) is 5.08.